The number of benzene rings is 1. The fourth-order valence-corrected chi connectivity index (χ4v) is 2.24. The highest BCUT2D eigenvalue weighted by Crippen LogP contribution is 2.20. The van der Waals surface area contributed by atoms with Crippen LogP contribution in [0.15, 0.2) is 36.7 Å². The number of aryl methyl sites for hydroxylation is 1. The van der Waals surface area contributed by atoms with Gasteiger partial charge in [0, 0.05) is 25.4 Å². The number of hydrogen-bond donors (Lipinski definition) is 1. The van der Waals surface area contributed by atoms with Crippen LogP contribution in [0.5, 0.6) is 5.75 Å². The molecule has 2 rings (SSSR count). The van der Waals surface area contributed by atoms with Gasteiger partial charge in [-0.05, 0) is 24.7 Å². The van der Waals surface area contributed by atoms with Crippen LogP contribution in [-0.4, -0.2) is 23.7 Å². The van der Waals surface area contributed by atoms with Crippen LogP contribution in [0, 0.1) is 0 Å². The molecule has 0 amide bonds. The Hall–Kier alpha value is -1.81. The molecule has 1 aromatic carbocycles. The van der Waals surface area contributed by atoms with Crippen LogP contribution in [0.1, 0.15) is 24.4 Å². The molecule has 0 fully saturated rings. The minimum Gasteiger partial charge on any atom is -0.497 e. The van der Waals surface area contributed by atoms with E-state index >= 15 is 0 Å². The van der Waals surface area contributed by atoms with Crippen LogP contribution >= 0.6 is 0 Å². The molecule has 1 heterocycles. The predicted molar refractivity (Wildman–Crippen MR) is 76.4 cm³/mol. The molecule has 102 valence electrons. The third-order valence-electron chi connectivity index (χ3n) is 3.34. The Bertz CT molecular complexity index is 522. The molecule has 0 spiro atoms. The molecule has 0 saturated heterocycles. The molecule has 0 aliphatic rings. The molecule has 1 aromatic heterocycles. The van der Waals surface area contributed by atoms with Gasteiger partial charge in [0.1, 0.15) is 11.6 Å². The average Bonchev–Trinajstić information content (AvgIpc) is 2.92. The Kier molecular flexibility index (Phi) is 4.58. The van der Waals surface area contributed by atoms with Gasteiger partial charge in [-0.1, -0.05) is 19.1 Å². The maximum Gasteiger partial charge on any atom is 0.119 e. The van der Waals surface area contributed by atoms with E-state index in [1.165, 1.54) is 5.56 Å². The molecule has 0 aliphatic heterocycles. The summed E-state index contributed by atoms with van der Waals surface area (Å²) in [5.74, 6) is 2.00. The number of hydrogen-bond acceptors (Lipinski definition) is 3. The van der Waals surface area contributed by atoms with E-state index in [1.807, 2.05) is 31.6 Å². The molecule has 2 aromatic rings. The van der Waals surface area contributed by atoms with Gasteiger partial charge in [-0.2, -0.15) is 0 Å². The molecular weight excluding hydrogens is 238 g/mol. The van der Waals surface area contributed by atoms with Gasteiger partial charge in [-0.15, -0.1) is 0 Å². The smallest absolute Gasteiger partial charge is 0.119 e. The lowest BCUT2D eigenvalue weighted by Gasteiger charge is -2.19. The Morgan fingerprint density at radius 2 is 2.26 bits per heavy atom. The van der Waals surface area contributed by atoms with Gasteiger partial charge in [-0.3, -0.25) is 0 Å². The standard InChI is InChI=1S/C15H21N3O/c1-4-15-17-8-9-18(15)11-14(16-2)12-6-5-7-13(10-12)19-3/h5-10,14,16H,4,11H2,1-3H3. The normalized spacial score (nSPS) is 12.4. The van der Waals surface area contributed by atoms with E-state index < -0.39 is 0 Å². The molecule has 0 saturated carbocycles. The molecular formula is C15H21N3O. The van der Waals surface area contributed by atoms with Crippen molar-refractivity contribution in [1.82, 2.24) is 14.9 Å². The van der Waals surface area contributed by atoms with E-state index in [0.717, 1.165) is 24.5 Å². The minimum atomic E-state index is 0.245. The van der Waals surface area contributed by atoms with E-state index in [0.29, 0.717) is 0 Å². The average molecular weight is 259 g/mol. The first-order chi connectivity index (χ1) is 9.28. The number of imidazole rings is 1. The monoisotopic (exact) mass is 259 g/mol. The van der Waals surface area contributed by atoms with Gasteiger partial charge in [0.15, 0.2) is 0 Å². The van der Waals surface area contributed by atoms with Gasteiger partial charge in [0.25, 0.3) is 0 Å². The predicted octanol–water partition coefficient (Wildman–Crippen LogP) is 2.41. The summed E-state index contributed by atoms with van der Waals surface area (Å²) in [4.78, 5) is 4.36. The Labute approximate surface area is 114 Å². The van der Waals surface area contributed by atoms with Gasteiger partial charge in [0.05, 0.1) is 13.2 Å². The maximum absolute atomic E-state index is 5.28. The zero-order valence-electron chi connectivity index (χ0n) is 11.8. The minimum absolute atomic E-state index is 0.245. The number of methoxy groups -OCH3 is 1. The van der Waals surface area contributed by atoms with Crippen molar-refractivity contribution in [2.45, 2.75) is 25.9 Å². The third-order valence-corrected chi connectivity index (χ3v) is 3.34. The summed E-state index contributed by atoms with van der Waals surface area (Å²) in [6, 6.07) is 8.42. The van der Waals surface area contributed by atoms with Crippen LogP contribution in [-0.2, 0) is 13.0 Å². The van der Waals surface area contributed by atoms with E-state index in [2.05, 4.69) is 33.9 Å². The molecule has 1 atom stereocenters. The highest BCUT2D eigenvalue weighted by atomic mass is 16.5. The van der Waals surface area contributed by atoms with Crippen molar-refractivity contribution < 1.29 is 4.74 Å². The molecule has 0 aliphatic carbocycles. The molecule has 0 bridgehead atoms. The van der Waals surface area contributed by atoms with Crippen LogP contribution in [0.2, 0.25) is 0 Å². The zero-order valence-corrected chi connectivity index (χ0v) is 11.8. The van der Waals surface area contributed by atoms with Crippen molar-refractivity contribution in [1.29, 1.82) is 0 Å². The van der Waals surface area contributed by atoms with Crippen molar-refractivity contribution in [3.63, 3.8) is 0 Å². The molecule has 19 heavy (non-hydrogen) atoms. The topological polar surface area (TPSA) is 39.1 Å². The lowest BCUT2D eigenvalue weighted by atomic mass is 10.1. The van der Waals surface area contributed by atoms with Crippen LogP contribution in [0.4, 0.5) is 0 Å². The summed E-state index contributed by atoms with van der Waals surface area (Å²) in [5.41, 5.74) is 1.22. The number of nitrogens with zero attached hydrogens (tertiary/aromatic N) is 2. The summed E-state index contributed by atoms with van der Waals surface area (Å²) >= 11 is 0. The lowest BCUT2D eigenvalue weighted by Crippen LogP contribution is -2.22. The van der Waals surface area contributed by atoms with E-state index in [4.69, 9.17) is 4.74 Å². The van der Waals surface area contributed by atoms with Crippen molar-refractivity contribution >= 4 is 0 Å². The molecule has 0 radical (unpaired) electrons. The maximum atomic E-state index is 5.28. The summed E-state index contributed by atoms with van der Waals surface area (Å²) < 4.78 is 7.48. The molecule has 1 unspecified atom stereocenters. The highest BCUT2D eigenvalue weighted by molar-refractivity contribution is 5.30. The first-order valence-electron chi connectivity index (χ1n) is 6.59. The summed E-state index contributed by atoms with van der Waals surface area (Å²) in [7, 11) is 3.67. The second kappa shape index (κ2) is 6.38. The van der Waals surface area contributed by atoms with Crippen molar-refractivity contribution in [2.24, 2.45) is 0 Å². The largest absolute Gasteiger partial charge is 0.497 e. The number of nitrogens with one attached hydrogen (secondary N) is 1. The molecule has 1 N–H and O–H groups in total. The van der Waals surface area contributed by atoms with Gasteiger partial charge in [-0.25, -0.2) is 4.98 Å². The number of likely N-dealkylation sites (N-methyl/N-ethyl adjacent to an activating group) is 1. The summed E-state index contributed by atoms with van der Waals surface area (Å²) in [6.07, 6.45) is 4.84. The zero-order chi connectivity index (χ0) is 13.7. The van der Waals surface area contributed by atoms with Gasteiger partial charge in [0.2, 0.25) is 0 Å². The molecule has 4 nitrogen and oxygen atoms in total. The quantitative estimate of drug-likeness (QED) is 0.866. The second-order valence-corrected chi connectivity index (χ2v) is 4.47. The SMILES string of the molecule is CCc1nccn1CC(NC)c1cccc(OC)c1. The van der Waals surface area contributed by atoms with Crippen molar-refractivity contribution in [3.05, 3.63) is 48.0 Å². The number of ether oxygens (including phenoxy) is 1. The van der Waals surface area contributed by atoms with E-state index in [1.54, 1.807) is 7.11 Å². The number of aromatic nitrogens is 2. The first kappa shape index (κ1) is 13.6. The van der Waals surface area contributed by atoms with Gasteiger partial charge < -0.3 is 14.6 Å². The van der Waals surface area contributed by atoms with Crippen molar-refractivity contribution in [2.75, 3.05) is 14.2 Å². The van der Waals surface area contributed by atoms with Gasteiger partial charge >= 0.3 is 0 Å². The second-order valence-electron chi connectivity index (χ2n) is 4.47. The summed E-state index contributed by atoms with van der Waals surface area (Å²) in [5, 5.41) is 3.36. The van der Waals surface area contributed by atoms with Crippen LogP contribution in [0.3, 0.4) is 0 Å². The van der Waals surface area contributed by atoms with E-state index in [9.17, 15) is 0 Å². The lowest BCUT2D eigenvalue weighted by molar-refractivity contribution is 0.412. The Balaban J connectivity index is 2.20. The van der Waals surface area contributed by atoms with Crippen LogP contribution in [0.25, 0.3) is 0 Å². The first-order valence-corrected chi connectivity index (χ1v) is 6.59. The van der Waals surface area contributed by atoms with Crippen LogP contribution < -0.4 is 10.1 Å². The highest BCUT2D eigenvalue weighted by Gasteiger charge is 2.12. The Morgan fingerprint density at radius 1 is 1.42 bits per heavy atom. The summed E-state index contributed by atoms with van der Waals surface area (Å²) in [6.45, 7) is 2.99. The number of rotatable bonds is 6. The third kappa shape index (κ3) is 3.15. The Morgan fingerprint density at radius 3 is 2.95 bits per heavy atom. The van der Waals surface area contributed by atoms with Crippen molar-refractivity contribution in [3.8, 4) is 5.75 Å². The fourth-order valence-electron chi connectivity index (χ4n) is 2.24. The molecule has 4 heteroatoms. The van der Waals surface area contributed by atoms with E-state index in [-0.39, 0.29) is 6.04 Å². The fraction of sp³-hybridized carbons (Fsp3) is 0.400.